The van der Waals surface area contributed by atoms with Crippen LogP contribution in [0.15, 0.2) is 60.3 Å². The first-order valence-electron chi connectivity index (χ1n) is 7.12. The van der Waals surface area contributed by atoms with Gasteiger partial charge in [-0.2, -0.15) is 5.26 Å². The summed E-state index contributed by atoms with van der Waals surface area (Å²) in [6.45, 7) is 0.581. The SMILES string of the molecule is CN(/C=C(/C#N)C(=O)Nc1cc(Cl)ccc1Cl)Cc1ccccc1. The number of carbonyl (C=O) groups excluding carboxylic acids is 1. The van der Waals surface area contributed by atoms with Crippen LogP contribution >= 0.6 is 23.2 Å². The van der Waals surface area contributed by atoms with Crippen molar-refractivity contribution in [1.82, 2.24) is 4.90 Å². The molecule has 0 heterocycles. The van der Waals surface area contributed by atoms with E-state index in [0.717, 1.165) is 5.56 Å². The summed E-state index contributed by atoms with van der Waals surface area (Å²) in [4.78, 5) is 14.0. The van der Waals surface area contributed by atoms with Crippen LogP contribution in [0.25, 0.3) is 0 Å². The van der Waals surface area contributed by atoms with Crippen molar-refractivity contribution in [2.24, 2.45) is 0 Å². The van der Waals surface area contributed by atoms with Crippen molar-refractivity contribution in [2.75, 3.05) is 12.4 Å². The summed E-state index contributed by atoms with van der Waals surface area (Å²) in [5, 5.41) is 12.6. The van der Waals surface area contributed by atoms with E-state index in [0.29, 0.717) is 22.3 Å². The lowest BCUT2D eigenvalue weighted by Crippen LogP contribution is -2.18. The van der Waals surface area contributed by atoms with Crippen molar-refractivity contribution in [3.63, 3.8) is 0 Å². The zero-order valence-electron chi connectivity index (χ0n) is 13.0. The summed E-state index contributed by atoms with van der Waals surface area (Å²) in [6.07, 6.45) is 1.50. The molecule has 0 bridgehead atoms. The molecule has 0 aliphatic carbocycles. The maximum atomic E-state index is 12.3. The molecule has 2 aromatic rings. The van der Waals surface area contributed by atoms with E-state index in [4.69, 9.17) is 23.2 Å². The predicted molar refractivity (Wildman–Crippen MR) is 96.7 cm³/mol. The fraction of sp³-hybridized carbons (Fsp3) is 0.111. The van der Waals surface area contributed by atoms with Crippen LogP contribution in [-0.2, 0) is 11.3 Å². The average molecular weight is 360 g/mol. The third-order valence-corrected chi connectivity index (χ3v) is 3.73. The van der Waals surface area contributed by atoms with Crippen molar-refractivity contribution < 1.29 is 4.79 Å². The van der Waals surface area contributed by atoms with Crippen molar-refractivity contribution in [3.05, 3.63) is 75.9 Å². The molecule has 0 fully saturated rings. The van der Waals surface area contributed by atoms with Gasteiger partial charge in [-0.15, -0.1) is 0 Å². The average Bonchev–Trinajstić information content (AvgIpc) is 2.56. The summed E-state index contributed by atoms with van der Waals surface area (Å²) >= 11 is 11.9. The number of hydrogen-bond acceptors (Lipinski definition) is 3. The third kappa shape index (κ3) is 5.02. The van der Waals surface area contributed by atoms with Gasteiger partial charge in [-0.3, -0.25) is 4.79 Å². The minimum absolute atomic E-state index is 0.0236. The summed E-state index contributed by atoms with van der Waals surface area (Å²) in [5.41, 5.74) is 1.41. The van der Waals surface area contributed by atoms with E-state index >= 15 is 0 Å². The third-order valence-electron chi connectivity index (χ3n) is 3.17. The highest BCUT2D eigenvalue weighted by Gasteiger charge is 2.12. The van der Waals surface area contributed by atoms with Crippen molar-refractivity contribution >= 4 is 34.8 Å². The number of rotatable bonds is 5. The van der Waals surface area contributed by atoms with Crippen LogP contribution in [-0.4, -0.2) is 17.9 Å². The van der Waals surface area contributed by atoms with Gasteiger partial charge in [0.25, 0.3) is 5.91 Å². The normalized spacial score (nSPS) is 10.8. The Kier molecular flexibility index (Phi) is 6.25. The molecule has 6 heteroatoms. The summed E-state index contributed by atoms with van der Waals surface area (Å²) in [6, 6.07) is 16.4. The summed E-state index contributed by atoms with van der Waals surface area (Å²) in [7, 11) is 1.80. The number of benzene rings is 2. The first-order valence-corrected chi connectivity index (χ1v) is 7.87. The second kappa shape index (κ2) is 8.39. The number of halogens is 2. The van der Waals surface area contributed by atoms with E-state index < -0.39 is 5.91 Å². The highest BCUT2D eigenvalue weighted by Crippen LogP contribution is 2.25. The van der Waals surface area contributed by atoms with E-state index in [-0.39, 0.29) is 5.57 Å². The van der Waals surface area contributed by atoms with Crippen LogP contribution in [0.4, 0.5) is 5.69 Å². The molecule has 0 aromatic heterocycles. The first kappa shape index (κ1) is 17.9. The standard InChI is InChI=1S/C18H15Cl2N3O/c1-23(11-13-5-3-2-4-6-13)12-14(10-21)18(24)22-17-9-15(19)7-8-16(17)20/h2-9,12H,11H2,1H3,(H,22,24)/b14-12-. The highest BCUT2D eigenvalue weighted by atomic mass is 35.5. The van der Waals surface area contributed by atoms with Gasteiger partial charge < -0.3 is 10.2 Å². The molecule has 0 aliphatic rings. The van der Waals surface area contributed by atoms with Crippen molar-refractivity contribution in [2.45, 2.75) is 6.54 Å². The van der Waals surface area contributed by atoms with Crippen LogP contribution in [0, 0.1) is 11.3 Å². The van der Waals surface area contributed by atoms with Gasteiger partial charge >= 0.3 is 0 Å². The lowest BCUT2D eigenvalue weighted by molar-refractivity contribution is -0.112. The molecule has 0 unspecified atom stereocenters. The molecule has 0 aliphatic heterocycles. The maximum Gasteiger partial charge on any atom is 0.267 e. The van der Waals surface area contributed by atoms with Crippen LogP contribution in [0.3, 0.4) is 0 Å². The van der Waals surface area contributed by atoms with Gasteiger partial charge in [-0.1, -0.05) is 53.5 Å². The summed E-state index contributed by atoms with van der Waals surface area (Å²) < 4.78 is 0. The van der Waals surface area contributed by atoms with Crippen LogP contribution in [0.2, 0.25) is 10.0 Å². The molecule has 4 nitrogen and oxygen atoms in total. The Labute approximate surface area is 150 Å². The zero-order chi connectivity index (χ0) is 17.5. The molecule has 0 spiro atoms. The Hall–Kier alpha value is -2.48. The first-order chi connectivity index (χ1) is 11.5. The fourth-order valence-electron chi connectivity index (χ4n) is 2.06. The number of nitrogens with zero attached hydrogens (tertiary/aromatic N) is 2. The quantitative estimate of drug-likeness (QED) is 0.632. The second-order valence-electron chi connectivity index (χ2n) is 5.13. The lowest BCUT2D eigenvalue weighted by atomic mass is 10.2. The van der Waals surface area contributed by atoms with Crippen LogP contribution in [0.5, 0.6) is 0 Å². The molecular weight excluding hydrogens is 345 g/mol. The smallest absolute Gasteiger partial charge is 0.267 e. The molecule has 24 heavy (non-hydrogen) atoms. The van der Waals surface area contributed by atoms with E-state index in [1.54, 1.807) is 24.1 Å². The highest BCUT2D eigenvalue weighted by molar-refractivity contribution is 6.35. The Morgan fingerprint density at radius 2 is 1.96 bits per heavy atom. The van der Waals surface area contributed by atoms with Crippen molar-refractivity contribution in [1.29, 1.82) is 5.26 Å². The minimum atomic E-state index is -0.540. The Bertz CT molecular complexity index is 798. The number of carbonyl (C=O) groups is 1. The predicted octanol–water partition coefficient (Wildman–Crippen LogP) is 4.47. The van der Waals surface area contributed by atoms with E-state index in [1.807, 2.05) is 36.4 Å². The molecule has 0 radical (unpaired) electrons. The van der Waals surface area contributed by atoms with Gasteiger partial charge in [0.15, 0.2) is 0 Å². The van der Waals surface area contributed by atoms with Gasteiger partial charge in [0.05, 0.1) is 10.7 Å². The molecule has 2 rings (SSSR count). The lowest BCUT2D eigenvalue weighted by Gasteiger charge is -2.15. The molecule has 1 N–H and O–H groups in total. The molecule has 0 saturated heterocycles. The maximum absolute atomic E-state index is 12.3. The Morgan fingerprint density at radius 1 is 1.25 bits per heavy atom. The van der Waals surface area contributed by atoms with Gasteiger partial charge in [-0.25, -0.2) is 0 Å². The molecule has 2 aromatic carbocycles. The van der Waals surface area contributed by atoms with Gasteiger partial charge in [-0.05, 0) is 23.8 Å². The fourth-order valence-corrected chi connectivity index (χ4v) is 2.40. The molecule has 1 amide bonds. The minimum Gasteiger partial charge on any atom is -0.375 e. The monoisotopic (exact) mass is 359 g/mol. The van der Waals surface area contributed by atoms with Crippen LogP contribution in [0.1, 0.15) is 5.56 Å². The second-order valence-corrected chi connectivity index (χ2v) is 5.98. The van der Waals surface area contributed by atoms with E-state index in [1.165, 1.54) is 12.3 Å². The number of anilines is 1. The van der Waals surface area contributed by atoms with Gasteiger partial charge in [0, 0.05) is 24.8 Å². The number of nitriles is 1. The largest absolute Gasteiger partial charge is 0.375 e. The number of hydrogen-bond donors (Lipinski definition) is 1. The topological polar surface area (TPSA) is 56.1 Å². The molecule has 122 valence electrons. The molecular formula is C18H15Cl2N3O. The number of amides is 1. The van der Waals surface area contributed by atoms with Gasteiger partial charge in [0.2, 0.25) is 0 Å². The van der Waals surface area contributed by atoms with Crippen LogP contribution < -0.4 is 5.32 Å². The van der Waals surface area contributed by atoms with E-state index in [9.17, 15) is 10.1 Å². The Morgan fingerprint density at radius 3 is 2.62 bits per heavy atom. The Balaban J connectivity index is 2.10. The zero-order valence-corrected chi connectivity index (χ0v) is 14.5. The summed E-state index contributed by atoms with van der Waals surface area (Å²) in [5.74, 6) is -0.540. The van der Waals surface area contributed by atoms with Crippen molar-refractivity contribution in [3.8, 4) is 6.07 Å². The van der Waals surface area contributed by atoms with E-state index in [2.05, 4.69) is 5.32 Å². The molecule has 0 saturated carbocycles. The number of nitrogens with one attached hydrogen (secondary N) is 1. The molecule has 0 atom stereocenters. The van der Waals surface area contributed by atoms with Gasteiger partial charge in [0.1, 0.15) is 11.6 Å².